The summed E-state index contributed by atoms with van der Waals surface area (Å²) in [5.41, 5.74) is 1.22. The van der Waals surface area contributed by atoms with E-state index in [0.717, 1.165) is 0 Å². The van der Waals surface area contributed by atoms with E-state index >= 15 is 0 Å². The van der Waals surface area contributed by atoms with Crippen LogP contribution in [0.4, 0.5) is 5.69 Å². The van der Waals surface area contributed by atoms with Crippen molar-refractivity contribution in [2.24, 2.45) is 0 Å². The first-order valence-electron chi connectivity index (χ1n) is 8.83. The van der Waals surface area contributed by atoms with Crippen LogP contribution in [0.25, 0.3) is 0 Å². The van der Waals surface area contributed by atoms with Crippen LogP contribution in [0.2, 0.25) is 0 Å². The molecule has 1 aromatic carbocycles. The lowest BCUT2D eigenvalue weighted by molar-refractivity contribution is -0.119. The molecule has 2 N–H and O–H groups in total. The molecule has 1 unspecified atom stereocenters. The Labute approximate surface area is 163 Å². The van der Waals surface area contributed by atoms with Crippen molar-refractivity contribution >= 4 is 27.5 Å². The molecule has 1 aliphatic rings. The number of rotatable bonds is 5. The highest BCUT2D eigenvalue weighted by molar-refractivity contribution is 7.89. The van der Waals surface area contributed by atoms with Gasteiger partial charge in [-0.25, -0.2) is 8.42 Å². The van der Waals surface area contributed by atoms with Gasteiger partial charge in [0, 0.05) is 24.8 Å². The molecular weight excluding hydrogens is 384 g/mol. The Balaban J connectivity index is 1.79. The Hall–Kier alpha value is -2.72. The second-order valence-corrected chi connectivity index (χ2v) is 8.40. The summed E-state index contributed by atoms with van der Waals surface area (Å²) < 4.78 is 32.3. The van der Waals surface area contributed by atoms with Crippen molar-refractivity contribution in [3.63, 3.8) is 0 Å². The number of nitrogens with one attached hydrogen (secondary N) is 2. The number of benzene rings is 1. The van der Waals surface area contributed by atoms with Crippen LogP contribution in [-0.2, 0) is 14.8 Å². The molecule has 150 valence electrons. The third kappa shape index (κ3) is 3.65. The van der Waals surface area contributed by atoms with E-state index < -0.39 is 22.0 Å². The standard InChI is InChI=1S/C18H22N4O5S/c1-11-16(12(2)27-21-11)28(25,26)22-10-4-5-15(22)18(24)20-14-8-6-13(7-9-14)17(23)19-3/h6-9,15H,4-5,10H2,1-3H3,(H,19,23)(H,20,24). The van der Waals surface area contributed by atoms with E-state index in [9.17, 15) is 18.0 Å². The van der Waals surface area contributed by atoms with E-state index in [-0.39, 0.29) is 28.8 Å². The Morgan fingerprint density at radius 2 is 1.89 bits per heavy atom. The molecular formula is C18H22N4O5S. The summed E-state index contributed by atoms with van der Waals surface area (Å²) in [7, 11) is -2.37. The highest BCUT2D eigenvalue weighted by atomic mass is 32.2. The average Bonchev–Trinajstić information content (AvgIpc) is 3.29. The van der Waals surface area contributed by atoms with Crippen molar-refractivity contribution in [1.29, 1.82) is 0 Å². The molecule has 2 aromatic rings. The van der Waals surface area contributed by atoms with Crippen LogP contribution >= 0.6 is 0 Å². The fourth-order valence-electron chi connectivity index (χ4n) is 3.32. The minimum Gasteiger partial charge on any atom is -0.360 e. The van der Waals surface area contributed by atoms with Crippen LogP contribution in [0.1, 0.15) is 34.7 Å². The summed E-state index contributed by atoms with van der Waals surface area (Å²) in [6.45, 7) is 3.34. The number of anilines is 1. The van der Waals surface area contributed by atoms with Gasteiger partial charge in [-0.15, -0.1) is 0 Å². The molecule has 1 atom stereocenters. The first kappa shape index (κ1) is 20.0. The molecule has 10 heteroatoms. The van der Waals surface area contributed by atoms with Crippen LogP contribution in [0.15, 0.2) is 33.7 Å². The van der Waals surface area contributed by atoms with Crippen molar-refractivity contribution in [2.45, 2.75) is 37.6 Å². The van der Waals surface area contributed by atoms with Gasteiger partial charge in [0.2, 0.25) is 15.9 Å². The number of aryl methyl sites for hydroxylation is 2. The van der Waals surface area contributed by atoms with Gasteiger partial charge in [-0.2, -0.15) is 4.31 Å². The minimum atomic E-state index is -3.90. The van der Waals surface area contributed by atoms with E-state index in [4.69, 9.17) is 4.52 Å². The van der Waals surface area contributed by atoms with E-state index in [1.165, 1.54) is 18.3 Å². The topological polar surface area (TPSA) is 122 Å². The maximum absolute atomic E-state index is 13.1. The lowest BCUT2D eigenvalue weighted by Gasteiger charge is -2.23. The molecule has 0 radical (unpaired) electrons. The molecule has 2 amide bonds. The van der Waals surface area contributed by atoms with E-state index in [0.29, 0.717) is 24.1 Å². The molecule has 1 fully saturated rings. The zero-order chi connectivity index (χ0) is 20.5. The number of aromatic nitrogens is 1. The zero-order valence-electron chi connectivity index (χ0n) is 15.9. The van der Waals surface area contributed by atoms with Gasteiger partial charge in [0.1, 0.15) is 16.6 Å². The van der Waals surface area contributed by atoms with Gasteiger partial charge in [-0.05, 0) is 51.0 Å². The van der Waals surface area contributed by atoms with Gasteiger partial charge in [0.15, 0.2) is 5.76 Å². The third-order valence-electron chi connectivity index (χ3n) is 4.68. The molecule has 1 aromatic heterocycles. The van der Waals surface area contributed by atoms with Crippen molar-refractivity contribution in [1.82, 2.24) is 14.8 Å². The number of nitrogens with zero attached hydrogens (tertiary/aromatic N) is 2. The van der Waals surface area contributed by atoms with Gasteiger partial charge in [0.05, 0.1) is 0 Å². The molecule has 1 saturated heterocycles. The Bertz CT molecular complexity index is 978. The number of hydrogen-bond acceptors (Lipinski definition) is 6. The number of sulfonamides is 1. The molecule has 1 aliphatic heterocycles. The first-order chi connectivity index (χ1) is 13.3. The molecule has 0 spiro atoms. The van der Waals surface area contributed by atoms with Crippen LogP contribution in [0.3, 0.4) is 0 Å². The average molecular weight is 406 g/mol. The molecule has 3 rings (SSSR count). The van der Waals surface area contributed by atoms with Gasteiger partial charge >= 0.3 is 0 Å². The summed E-state index contributed by atoms with van der Waals surface area (Å²) in [4.78, 5) is 24.4. The summed E-state index contributed by atoms with van der Waals surface area (Å²) in [5.74, 6) is -0.445. The lowest BCUT2D eigenvalue weighted by atomic mass is 10.1. The van der Waals surface area contributed by atoms with Gasteiger partial charge in [0.25, 0.3) is 5.91 Å². The Morgan fingerprint density at radius 1 is 1.21 bits per heavy atom. The second-order valence-electron chi connectivity index (χ2n) is 6.57. The summed E-state index contributed by atoms with van der Waals surface area (Å²) >= 11 is 0. The van der Waals surface area contributed by atoms with Gasteiger partial charge in [-0.1, -0.05) is 5.16 Å². The largest absolute Gasteiger partial charge is 0.360 e. The maximum Gasteiger partial charge on any atom is 0.251 e. The van der Waals surface area contributed by atoms with Crippen molar-refractivity contribution in [3.05, 3.63) is 41.3 Å². The molecule has 0 saturated carbocycles. The summed E-state index contributed by atoms with van der Waals surface area (Å²) in [5, 5.41) is 8.95. The Kier molecular flexibility index (Phi) is 5.52. The van der Waals surface area contributed by atoms with Crippen molar-refractivity contribution in [2.75, 3.05) is 18.9 Å². The molecule has 9 nitrogen and oxygen atoms in total. The highest BCUT2D eigenvalue weighted by Crippen LogP contribution is 2.30. The fourth-order valence-corrected chi connectivity index (χ4v) is 5.28. The van der Waals surface area contributed by atoms with E-state index in [2.05, 4.69) is 15.8 Å². The summed E-state index contributed by atoms with van der Waals surface area (Å²) in [6.07, 6.45) is 1.00. The lowest BCUT2D eigenvalue weighted by Crippen LogP contribution is -2.43. The number of hydrogen-bond donors (Lipinski definition) is 2. The molecule has 0 bridgehead atoms. The van der Waals surface area contributed by atoms with E-state index in [1.807, 2.05) is 0 Å². The van der Waals surface area contributed by atoms with Crippen molar-refractivity contribution in [3.8, 4) is 0 Å². The quantitative estimate of drug-likeness (QED) is 0.775. The van der Waals surface area contributed by atoms with Gasteiger partial charge in [-0.3, -0.25) is 9.59 Å². The molecule has 0 aliphatic carbocycles. The number of amides is 2. The maximum atomic E-state index is 13.1. The minimum absolute atomic E-state index is 0.0159. The second kappa shape index (κ2) is 7.72. The number of carbonyl (C=O) groups is 2. The SMILES string of the molecule is CNC(=O)c1ccc(NC(=O)C2CCCN2S(=O)(=O)c2c(C)noc2C)cc1. The monoisotopic (exact) mass is 406 g/mol. The molecule has 2 heterocycles. The molecule has 28 heavy (non-hydrogen) atoms. The predicted octanol–water partition coefficient (Wildman–Crippen LogP) is 1.44. The van der Waals surface area contributed by atoms with Crippen molar-refractivity contribution < 1.29 is 22.5 Å². The van der Waals surface area contributed by atoms with Crippen LogP contribution in [0, 0.1) is 13.8 Å². The number of carbonyl (C=O) groups excluding carboxylic acids is 2. The smallest absolute Gasteiger partial charge is 0.251 e. The summed E-state index contributed by atoms with van der Waals surface area (Å²) in [6, 6.07) is 5.55. The van der Waals surface area contributed by atoms with Crippen LogP contribution in [0.5, 0.6) is 0 Å². The fraction of sp³-hybridized carbons (Fsp3) is 0.389. The van der Waals surface area contributed by atoms with Crippen LogP contribution < -0.4 is 10.6 Å². The zero-order valence-corrected chi connectivity index (χ0v) is 16.7. The van der Waals surface area contributed by atoms with Gasteiger partial charge < -0.3 is 15.2 Å². The Morgan fingerprint density at radius 3 is 2.46 bits per heavy atom. The van der Waals surface area contributed by atoms with Crippen LogP contribution in [-0.4, -0.2) is 49.3 Å². The normalized spacial score (nSPS) is 17.5. The predicted molar refractivity (Wildman–Crippen MR) is 101 cm³/mol. The third-order valence-corrected chi connectivity index (χ3v) is 6.84. The highest BCUT2D eigenvalue weighted by Gasteiger charge is 2.41. The first-order valence-corrected chi connectivity index (χ1v) is 10.3. The van der Waals surface area contributed by atoms with E-state index in [1.54, 1.807) is 31.2 Å².